The van der Waals surface area contributed by atoms with E-state index in [1.54, 1.807) is 6.26 Å². The molecule has 0 spiro atoms. The van der Waals surface area contributed by atoms with Crippen LogP contribution in [0.5, 0.6) is 0 Å². The van der Waals surface area contributed by atoms with Crippen LogP contribution < -0.4 is 0 Å². The Morgan fingerprint density at radius 3 is 2.56 bits per heavy atom. The number of aliphatic hydroxyl groups is 1. The zero-order valence-corrected chi connectivity index (χ0v) is 9.60. The Morgan fingerprint density at radius 2 is 1.94 bits per heavy atom. The summed E-state index contributed by atoms with van der Waals surface area (Å²) < 4.78 is 5.27. The van der Waals surface area contributed by atoms with E-state index in [0.29, 0.717) is 6.42 Å². The minimum atomic E-state index is -0.886. The standard InChI is InChI=1S/C14H16O2/c1-11-6-3-4-8-13(11)14(2,15)10-12-7-5-9-16-12/h3-9,15H,10H2,1-2H3. The van der Waals surface area contributed by atoms with E-state index < -0.39 is 5.60 Å². The molecular formula is C14H16O2. The van der Waals surface area contributed by atoms with Gasteiger partial charge in [0.2, 0.25) is 0 Å². The number of aryl methyl sites for hydroxylation is 1. The molecule has 0 bridgehead atoms. The van der Waals surface area contributed by atoms with Gasteiger partial charge in [0.05, 0.1) is 11.9 Å². The first kappa shape index (κ1) is 11.0. The Bertz CT molecular complexity index is 455. The van der Waals surface area contributed by atoms with Gasteiger partial charge in [0.25, 0.3) is 0 Å². The van der Waals surface area contributed by atoms with Gasteiger partial charge < -0.3 is 9.52 Å². The Kier molecular flexibility index (Phi) is 2.84. The van der Waals surface area contributed by atoms with Crippen molar-refractivity contribution < 1.29 is 9.52 Å². The molecule has 1 aromatic heterocycles. The Labute approximate surface area is 95.5 Å². The molecule has 84 valence electrons. The summed E-state index contributed by atoms with van der Waals surface area (Å²) in [6.45, 7) is 3.82. The average molecular weight is 216 g/mol. The van der Waals surface area contributed by atoms with E-state index in [2.05, 4.69) is 0 Å². The zero-order valence-electron chi connectivity index (χ0n) is 9.60. The maximum absolute atomic E-state index is 10.5. The summed E-state index contributed by atoms with van der Waals surface area (Å²) in [5.41, 5.74) is 1.16. The first-order valence-corrected chi connectivity index (χ1v) is 5.40. The number of furan rings is 1. The van der Waals surface area contributed by atoms with Crippen LogP contribution in [0.15, 0.2) is 47.1 Å². The fourth-order valence-corrected chi connectivity index (χ4v) is 2.02. The van der Waals surface area contributed by atoms with E-state index in [4.69, 9.17) is 4.42 Å². The number of benzene rings is 1. The fraction of sp³-hybridized carbons (Fsp3) is 0.286. The van der Waals surface area contributed by atoms with Crippen molar-refractivity contribution in [2.24, 2.45) is 0 Å². The topological polar surface area (TPSA) is 33.4 Å². The molecule has 1 aromatic carbocycles. The zero-order chi connectivity index (χ0) is 11.6. The maximum atomic E-state index is 10.5. The molecule has 1 heterocycles. The third-order valence-corrected chi connectivity index (χ3v) is 2.82. The van der Waals surface area contributed by atoms with Crippen LogP contribution in [-0.4, -0.2) is 5.11 Å². The van der Waals surface area contributed by atoms with Gasteiger partial charge in [-0.1, -0.05) is 24.3 Å². The van der Waals surface area contributed by atoms with Gasteiger partial charge in [-0.05, 0) is 37.1 Å². The molecule has 1 atom stereocenters. The SMILES string of the molecule is Cc1ccccc1C(C)(O)Cc1ccco1. The maximum Gasteiger partial charge on any atom is 0.106 e. The van der Waals surface area contributed by atoms with E-state index in [-0.39, 0.29) is 0 Å². The van der Waals surface area contributed by atoms with Gasteiger partial charge in [0.15, 0.2) is 0 Å². The summed E-state index contributed by atoms with van der Waals surface area (Å²) in [6.07, 6.45) is 2.12. The molecule has 16 heavy (non-hydrogen) atoms. The molecular weight excluding hydrogens is 200 g/mol. The molecule has 1 unspecified atom stereocenters. The highest BCUT2D eigenvalue weighted by Gasteiger charge is 2.26. The predicted molar refractivity (Wildman–Crippen MR) is 63.2 cm³/mol. The van der Waals surface area contributed by atoms with Crippen molar-refractivity contribution in [2.75, 3.05) is 0 Å². The van der Waals surface area contributed by atoms with Gasteiger partial charge in [0.1, 0.15) is 5.76 Å². The van der Waals surface area contributed by atoms with Gasteiger partial charge in [-0.15, -0.1) is 0 Å². The van der Waals surface area contributed by atoms with Crippen LogP contribution in [0.2, 0.25) is 0 Å². The van der Waals surface area contributed by atoms with Crippen LogP contribution in [0.25, 0.3) is 0 Å². The molecule has 0 aliphatic carbocycles. The molecule has 0 aliphatic heterocycles. The second-order valence-corrected chi connectivity index (χ2v) is 4.34. The Balaban J connectivity index is 2.28. The van der Waals surface area contributed by atoms with Crippen molar-refractivity contribution in [3.05, 3.63) is 59.5 Å². The molecule has 2 heteroatoms. The third kappa shape index (κ3) is 2.17. The lowest BCUT2D eigenvalue weighted by atomic mass is 9.88. The molecule has 0 amide bonds. The minimum Gasteiger partial charge on any atom is -0.469 e. The summed E-state index contributed by atoms with van der Waals surface area (Å²) >= 11 is 0. The molecule has 0 aliphatic rings. The summed E-state index contributed by atoms with van der Waals surface area (Å²) in [6, 6.07) is 11.6. The molecule has 2 nitrogen and oxygen atoms in total. The van der Waals surface area contributed by atoms with Crippen LogP contribution in [-0.2, 0) is 12.0 Å². The highest BCUT2D eigenvalue weighted by molar-refractivity contribution is 5.31. The Hall–Kier alpha value is -1.54. The molecule has 2 rings (SSSR count). The minimum absolute atomic E-state index is 0.491. The number of rotatable bonds is 3. The summed E-state index contributed by atoms with van der Waals surface area (Å²) in [5.74, 6) is 0.799. The number of hydrogen-bond acceptors (Lipinski definition) is 2. The van der Waals surface area contributed by atoms with Crippen molar-refractivity contribution >= 4 is 0 Å². The molecule has 1 N–H and O–H groups in total. The van der Waals surface area contributed by atoms with Crippen LogP contribution in [0, 0.1) is 6.92 Å². The normalized spacial score (nSPS) is 14.7. The van der Waals surface area contributed by atoms with E-state index in [0.717, 1.165) is 16.9 Å². The van der Waals surface area contributed by atoms with Crippen LogP contribution in [0.1, 0.15) is 23.8 Å². The summed E-state index contributed by atoms with van der Waals surface area (Å²) in [4.78, 5) is 0. The van der Waals surface area contributed by atoms with Gasteiger partial charge >= 0.3 is 0 Å². The largest absolute Gasteiger partial charge is 0.469 e. The van der Waals surface area contributed by atoms with E-state index in [1.807, 2.05) is 50.2 Å². The monoisotopic (exact) mass is 216 g/mol. The number of hydrogen-bond donors (Lipinski definition) is 1. The van der Waals surface area contributed by atoms with Gasteiger partial charge in [-0.3, -0.25) is 0 Å². The van der Waals surface area contributed by atoms with E-state index in [9.17, 15) is 5.11 Å². The first-order valence-electron chi connectivity index (χ1n) is 5.40. The Morgan fingerprint density at radius 1 is 1.19 bits per heavy atom. The lowest BCUT2D eigenvalue weighted by molar-refractivity contribution is 0.0515. The van der Waals surface area contributed by atoms with Crippen LogP contribution in [0.3, 0.4) is 0 Å². The third-order valence-electron chi connectivity index (χ3n) is 2.82. The van der Waals surface area contributed by atoms with Crippen molar-refractivity contribution in [2.45, 2.75) is 25.9 Å². The van der Waals surface area contributed by atoms with Crippen LogP contribution >= 0.6 is 0 Å². The van der Waals surface area contributed by atoms with Crippen molar-refractivity contribution in [1.82, 2.24) is 0 Å². The highest BCUT2D eigenvalue weighted by Crippen LogP contribution is 2.27. The smallest absolute Gasteiger partial charge is 0.106 e. The first-order chi connectivity index (χ1) is 7.59. The predicted octanol–water partition coefficient (Wildman–Crippen LogP) is 3.04. The molecule has 0 fully saturated rings. The lowest BCUT2D eigenvalue weighted by Gasteiger charge is -2.24. The van der Waals surface area contributed by atoms with Crippen molar-refractivity contribution in [3.63, 3.8) is 0 Å². The van der Waals surface area contributed by atoms with Gasteiger partial charge in [-0.25, -0.2) is 0 Å². The second kappa shape index (κ2) is 4.14. The van der Waals surface area contributed by atoms with E-state index >= 15 is 0 Å². The van der Waals surface area contributed by atoms with Crippen molar-refractivity contribution in [1.29, 1.82) is 0 Å². The van der Waals surface area contributed by atoms with Crippen molar-refractivity contribution in [3.8, 4) is 0 Å². The van der Waals surface area contributed by atoms with E-state index in [1.165, 1.54) is 0 Å². The molecule has 0 saturated heterocycles. The van der Waals surface area contributed by atoms with Crippen LogP contribution in [0.4, 0.5) is 0 Å². The highest BCUT2D eigenvalue weighted by atomic mass is 16.3. The molecule has 0 radical (unpaired) electrons. The van der Waals surface area contributed by atoms with Gasteiger partial charge in [-0.2, -0.15) is 0 Å². The van der Waals surface area contributed by atoms with Gasteiger partial charge in [0, 0.05) is 6.42 Å². The summed E-state index contributed by atoms with van der Waals surface area (Å²) in [7, 11) is 0. The lowest BCUT2D eigenvalue weighted by Crippen LogP contribution is -2.25. The quantitative estimate of drug-likeness (QED) is 0.855. The molecule has 2 aromatic rings. The second-order valence-electron chi connectivity index (χ2n) is 4.34. The average Bonchev–Trinajstić information content (AvgIpc) is 2.70. The summed E-state index contributed by atoms with van der Waals surface area (Å²) in [5, 5.41) is 10.5. The molecule has 0 saturated carbocycles. The fourth-order valence-electron chi connectivity index (χ4n) is 2.02.